The van der Waals surface area contributed by atoms with Crippen molar-refractivity contribution in [2.45, 2.75) is 13.5 Å². The van der Waals surface area contributed by atoms with E-state index in [2.05, 4.69) is 40.3 Å². The van der Waals surface area contributed by atoms with Crippen molar-refractivity contribution in [3.63, 3.8) is 0 Å². The number of aromatic nitrogens is 1. The fourth-order valence-corrected chi connectivity index (χ4v) is 3.90. The van der Waals surface area contributed by atoms with Crippen LogP contribution in [-0.4, -0.2) is 17.1 Å². The van der Waals surface area contributed by atoms with E-state index in [4.69, 9.17) is 4.74 Å². The molecule has 0 atom stereocenters. The Morgan fingerprint density at radius 2 is 1.96 bits per heavy atom. The third-order valence-electron chi connectivity index (χ3n) is 4.16. The fraction of sp³-hybridized carbons (Fsp3) is 0.150. The zero-order chi connectivity index (χ0) is 16.5. The number of carbonyl (C=O) groups is 1. The first-order chi connectivity index (χ1) is 11.8. The monoisotopic (exact) mass is 335 g/mol. The van der Waals surface area contributed by atoms with Crippen LogP contribution in [-0.2, 0) is 11.3 Å². The Kier molecular flexibility index (Phi) is 3.82. The van der Waals surface area contributed by atoms with Crippen LogP contribution in [0.3, 0.4) is 0 Å². The molecule has 2 aromatic heterocycles. The number of hydrogen-bond acceptors (Lipinski definition) is 3. The molecule has 4 aromatic rings. The zero-order valence-electron chi connectivity index (χ0n) is 13.4. The van der Waals surface area contributed by atoms with Crippen molar-refractivity contribution in [2.24, 2.45) is 0 Å². The minimum atomic E-state index is -0.270. The summed E-state index contributed by atoms with van der Waals surface area (Å²) < 4.78 is 8.58. The molecular formula is C20H17NO2S. The average Bonchev–Trinajstić information content (AvgIpc) is 3.20. The van der Waals surface area contributed by atoms with Gasteiger partial charge >= 0.3 is 5.97 Å². The maximum atomic E-state index is 12.5. The predicted octanol–water partition coefficient (Wildman–Crippen LogP) is 5.08. The fourth-order valence-electron chi connectivity index (χ4n) is 3.11. The van der Waals surface area contributed by atoms with Crippen LogP contribution in [0.2, 0.25) is 0 Å². The lowest BCUT2D eigenvalue weighted by molar-refractivity contribution is 0.0515. The van der Waals surface area contributed by atoms with E-state index in [1.807, 2.05) is 31.2 Å². The standard InChI is InChI=1S/C20H17NO2S/c1-2-23-20(22)17-12-15-8-9-18-16(10-11-24-18)19(15)21(17)13-14-6-4-3-5-7-14/h3-12H,2,13H2,1H3. The van der Waals surface area contributed by atoms with Gasteiger partial charge in [-0.15, -0.1) is 11.3 Å². The minimum Gasteiger partial charge on any atom is -0.461 e. The average molecular weight is 335 g/mol. The van der Waals surface area contributed by atoms with Crippen molar-refractivity contribution in [3.8, 4) is 0 Å². The van der Waals surface area contributed by atoms with Crippen molar-refractivity contribution >= 4 is 38.3 Å². The van der Waals surface area contributed by atoms with Gasteiger partial charge in [0, 0.05) is 22.0 Å². The van der Waals surface area contributed by atoms with Gasteiger partial charge in [-0.3, -0.25) is 0 Å². The van der Waals surface area contributed by atoms with Gasteiger partial charge < -0.3 is 9.30 Å². The third-order valence-corrected chi connectivity index (χ3v) is 5.04. The van der Waals surface area contributed by atoms with Gasteiger partial charge in [-0.2, -0.15) is 0 Å². The van der Waals surface area contributed by atoms with Crippen LogP contribution in [0.4, 0.5) is 0 Å². The summed E-state index contributed by atoms with van der Waals surface area (Å²) in [5.41, 5.74) is 2.86. The molecule has 0 N–H and O–H groups in total. The van der Waals surface area contributed by atoms with Gasteiger partial charge in [-0.1, -0.05) is 36.4 Å². The van der Waals surface area contributed by atoms with E-state index >= 15 is 0 Å². The molecule has 0 saturated carbocycles. The lowest BCUT2D eigenvalue weighted by Crippen LogP contribution is -2.12. The molecule has 0 saturated heterocycles. The Morgan fingerprint density at radius 1 is 1.12 bits per heavy atom. The number of hydrogen-bond donors (Lipinski definition) is 0. The quantitative estimate of drug-likeness (QED) is 0.487. The minimum absolute atomic E-state index is 0.270. The molecule has 0 radical (unpaired) electrons. The molecule has 0 bridgehead atoms. The Bertz CT molecular complexity index is 1010. The van der Waals surface area contributed by atoms with Crippen LogP contribution >= 0.6 is 11.3 Å². The number of ether oxygens (including phenoxy) is 1. The van der Waals surface area contributed by atoms with Crippen molar-refractivity contribution in [3.05, 3.63) is 71.2 Å². The largest absolute Gasteiger partial charge is 0.461 e. The second kappa shape index (κ2) is 6.13. The molecule has 2 aromatic carbocycles. The molecule has 120 valence electrons. The van der Waals surface area contributed by atoms with Crippen molar-refractivity contribution in [2.75, 3.05) is 6.61 Å². The molecule has 0 aliphatic heterocycles. The number of benzene rings is 2. The van der Waals surface area contributed by atoms with Crippen LogP contribution in [0, 0.1) is 0 Å². The normalized spacial score (nSPS) is 11.2. The molecule has 0 aliphatic rings. The summed E-state index contributed by atoms with van der Waals surface area (Å²) in [4.78, 5) is 12.5. The van der Waals surface area contributed by atoms with Crippen LogP contribution in [0.5, 0.6) is 0 Å². The van der Waals surface area contributed by atoms with E-state index in [1.54, 1.807) is 11.3 Å². The maximum Gasteiger partial charge on any atom is 0.354 e. The van der Waals surface area contributed by atoms with Gasteiger partial charge in [0.05, 0.1) is 12.1 Å². The summed E-state index contributed by atoms with van der Waals surface area (Å²) in [6.45, 7) is 2.85. The first-order valence-electron chi connectivity index (χ1n) is 7.98. The van der Waals surface area contributed by atoms with E-state index in [-0.39, 0.29) is 5.97 Å². The molecular weight excluding hydrogens is 318 g/mol. The van der Waals surface area contributed by atoms with E-state index in [0.717, 1.165) is 16.5 Å². The second-order valence-electron chi connectivity index (χ2n) is 5.66. The summed E-state index contributed by atoms with van der Waals surface area (Å²) in [6.07, 6.45) is 0. The Labute approximate surface area is 144 Å². The van der Waals surface area contributed by atoms with Gasteiger partial charge in [-0.25, -0.2) is 4.79 Å². The summed E-state index contributed by atoms with van der Waals surface area (Å²) in [5, 5.41) is 4.34. The number of thiophene rings is 1. The SMILES string of the molecule is CCOC(=O)c1cc2ccc3sccc3c2n1Cc1ccccc1. The van der Waals surface area contributed by atoms with Gasteiger partial charge in [0.1, 0.15) is 5.69 Å². The summed E-state index contributed by atoms with van der Waals surface area (Å²) in [6, 6.07) is 18.5. The van der Waals surface area contributed by atoms with E-state index in [1.165, 1.54) is 10.1 Å². The van der Waals surface area contributed by atoms with Crippen molar-refractivity contribution in [1.82, 2.24) is 4.57 Å². The number of carbonyl (C=O) groups excluding carboxylic acids is 1. The first kappa shape index (κ1) is 15.0. The summed E-state index contributed by atoms with van der Waals surface area (Å²) in [7, 11) is 0. The summed E-state index contributed by atoms with van der Waals surface area (Å²) in [5.74, 6) is -0.270. The summed E-state index contributed by atoms with van der Waals surface area (Å²) >= 11 is 1.72. The highest BCUT2D eigenvalue weighted by Crippen LogP contribution is 2.32. The van der Waals surface area contributed by atoms with E-state index in [0.29, 0.717) is 18.8 Å². The first-order valence-corrected chi connectivity index (χ1v) is 8.86. The molecule has 0 unspecified atom stereocenters. The van der Waals surface area contributed by atoms with Crippen molar-refractivity contribution < 1.29 is 9.53 Å². The highest BCUT2D eigenvalue weighted by atomic mass is 32.1. The molecule has 3 nitrogen and oxygen atoms in total. The highest BCUT2D eigenvalue weighted by Gasteiger charge is 2.18. The molecule has 0 spiro atoms. The van der Waals surface area contributed by atoms with E-state index < -0.39 is 0 Å². The smallest absolute Gasteiger partial charge is 0.354 e. The second-order valence-corrected chi connectivity index (χ2v) is 6.61. The topological polar surface area (TPSA) is 31.2 Å². The molecule has 24 heavy (non-hydrogen) atoms. The van der Waals surface area contributed by atoms with Gasteiger partial charge in [0.15, 0.2) is 0 Å². The zero-order valence-corrected chi connectivity index (χ0v) is 14.2. The van der Waals surface area contributed by atoms with Crippen LogP contribution in [0.25, 0.3) is 21.0 Å². The van der Waals surface area contributed by atoms with Gasteiger partial charge in [0.2, 0.25) is 0 Å². The Balaban J connectivity index is 1.96. The third kappa shape index (κ3) is 2.49. The molecule has 4 heteroatoms. The van der Waals surface area contributed by atoms with Crippen molar-refractivity contribution in [1.29, 1.82) is 0 Å². The van der Waals surface area contributed by atoms with E-state index in [9.17, 15) is 4.79 Å². The number of esters is 1. The molecule has 4 rings (SSSR count). The Hall–Kier alpha value is -2.59. The Morgan fingerprint density at radius 3 is 2.75 bits per heavy atom. The van der Waals surface area contributed by atoms with Gasteiger partial charge in [0.25, 0.3) is 0 Å². The van der Waals surface area contributed by atoms with Crippen LogP contribution in [0.1, 0.15) is 23.0 Å². The van der Waals surface area contributed by atoms with Crippen LogP contribution in [0.15, 0.2) is 60.0 Å². The predicted molar refractivity (Wildman–Crippen MR) is 98.8 cm³/mol. The molecule has 0 amide bonds. The van der Waals surface area contributed by atoms with Crippen LogP contribution < -0.4 is 0 Å². The highest BCUT2D eigenvalue weighted by molar-refractivity contribution is 7.17. The van der Waals surface area contributed by atoms with Gasteiger partial charge in [-0.05, 0) is 36.1 Å². The number of fused-ring (bicyclic) bond motifs is 3. The number of nitrogens with zero attached hydrogens (tertiary/aromatic N) is 1. The lowest BCUT2D eigenvalue weighted by Gasteiger charge is -2.11. The molecule has 0 aliphatic carbocycles. The number of rotatable bonds is 4. The molecule has 2 heterocycles. The maximum absolute atomic E-state index is 12.5. The lowest BCUT2D eigenvalue weighted by atomic mass is 10.2. The molecule has 0 fully saturated rings.